The molecule has 0 fully saturated rings. The molecule has 4 rings (SSSR count). The van der Waals surface area contributed by atoms with E-state index in [1.54, 1.807) is 55.5 Å². The second-order valence-corrected chi connectivity index (χ2v) is 5.90. The lowest BCUT2D eigenvalue weighted by Crippen LogP contribution is -2.28. The Balaban J connectivity index is 2.25. The number of pyridine rings is 1. The third-order valence-electron chi connectivity index (χ3n) is 4.28. The van der Waals surface area contributed by atoms with Crippen LogP contribution in [-0.2, 0) is 4.74 Å². The number of carbonyl (C=O) groups excluding carboxylic acids is 1. The van der Waals surface area contributed by atoms with Crippen LogP contribution in [0.2, 0.25) is 0 Å². The molecule has 0 bridgehead atoms. The molecule has 0 spiro atoms. The van der Waals surface area contributed by atoms with Gasteiger partial charge in [0.05, 0.1) is 17.5 Å². The Bertz CT molecular complexity index is 1290. The molecule has 0 saturated heterocycles. The van der Waals surface area contributed by atoms with Crippen molar-refractivity contribution < 1.29 is 13.9 Å². The van der Waals surface area contributed by atoms with E-state index in [4.69, 9.17) is 9.15 Å². The number of aromatic nitrogens is 1. The van der Waals surface area contributed by atoms with Gasteiger partial charge in [-0.2, -0.15) is 0 Å². The van der Waals surface area contributed by atoms with Gasteiger partial charge < -0.3 is 9.15 Å². The zero-order chi connectivity index (χ0) is 19.0. The topological polar surface area (TPSA) is 78.5 Å². The highest BCUT2D eigenvalue weighted by Crippen LogP contribution is 2.24. The number of fused-ring (bicyclic) bond motifs is 3. The molecule has 6 heteroatoms. The van der Waals surface area contributed by atoms with Gasteiger partial charge in [0.1, 0.15) is 11.1 Å². The first-order valence-electron chi connectivity index (χ1n) is 8.46. The number of para-hydroxylation sites is 2. The highest BCUT2D eigenvalue weighted by molar-refractivity contribution is 6.05. The number of nitrogens with zero attached hydrogens (tertiary/aromatic N) is 1. The minimum Gasteiger partial charge on any atom is -0.462 e. The van der Waals surface area contributed by atoms with E-state index in [1.165, 1.54) is 10.6 Å². The number of rotatable bonds is 3. The van der Waals surface area contributed by atoms with Gasteiger partial charge in [-0.15, -0.1) is 0 Å². The SMILES string of the molecule is CCOC(=O)c1cc2c(=O)oc3ccccc3c2n(-c2ccccc2)c1=O. The predicted molar refractivity (Wildman–Crippen MR) is 102 cm³/mol. The fourth-order valence-corrected chi connectivity index (χ4v) is 3.12. The third kappa shape index (κ3) is 2.71. The zero-order valence-corrected chi connectivity index (χ0v) is 14.5. The molecule has 2 aromatic carbocycles. The summed E-state index contributed by atoms with van der Waals surface area (Å²) >= 11 is 0. The van der Waals surface area contributed by atoms with Crippen molar-refractivity contribution in [2.24, 2.45) is 0 Å². The minimum absolute atomic E-state index is 0.119. The maximum Gasteiger partial charge on any atom is 0.345 e. The van der Waals surface area contributed by atoms with Crippen LogP contribution in [0, 0.1) is 0 Å². The summed E-state index contributed by atoms with van der Waals surface area (Å²) in [6.45, 7) is 1.77. The fourth-order valence-electron chi connectivity index (χ4n) is 3.12. The first-order chi connectivity index (χ1) is 13.1. The average Bonchev–Trinajstić information content (AvgIpc) is 2.68. The maximum atomic E-state index is 13.2. The van der Waals surface area contributed by atoms with E-state index >= 15 is 0 Å². The summed E-state index contributed by atoms with van der Waals surface area (Å²) in [4.78, 5) is 38.1. The lowest BCUT2D eigenvalue weighted by molar-refractivity contribution is 0.0524. The van der Waals surface area contributed by atoms with Crippen molar-refractivity contribution in [2.75, 3.05) is 6.61 Å². The van der Waals surface area contributed by atoms with Crippen molar-refractivity contribution in [3.8, 4) is 5.69 Å². The van der Waals surface area contributed by atoms with Crippen molar-refractivity contribution >= 4 is 27.8 Å². The largest absolute Gasteiger partial charge is 0.462 e. The van der Waals surface area contributed by atoms with Crippen molar-refractivity contribution in [3.05, 3.63) is 87.0 Å². The Labute approximate surface area is 153 Å². The molecule has 6 nitrogen and oxygen atoms in total. The van der Waals surface area contributed by atoms with Gasteiger partial charge in [0.2, 0.25) is 0 Å². The van der Waals surface area contributed by atoms with Crippen molar-refractivity contribution in [3.63, 3.8) is 0 Å². The molecule has 0 aliphatic heterocycles. The summed E-state index contributed by atoms with van der Waals surface area (Å²) in [5.41, 5.74) is -0.0962. The van der Waals surface area contributed by atoms with Crippen molar-refractivity contribution in [2.45, 2.75) is 6.92 Å². The van der Waals surface area contributed by atoms with E-state index in [1.807, 2.05) is 6.07 Å². The van der Waals surface area contributed by atoms with Gasteiger partial charge in [0, 0.05) is 11.1 Å². The number of carbonyl (C=O) groups is 1. The summed E-state index contributed by atoms with van der Waals surface area (Å²) in [5, 5.41) is 0.740. The Morgan fingerprint density at radius 3 is 2.44 bits per heavy atom. The Morgan fingerprint density at radius 2 is 1.70 bits per heavy atom. The van der Waals surface area contributed by atoms with Crippen LogP contribution in [0.3, 0.4) is 0 Å². The molecule has 0 unspecified atom stereocenters. The first-order valence-corrected chi connectivity index (χ1v) is 8.46. The lowest BCUT2D eigenvalue weighted by Gasteiger charge is -2.13. The number of ether oxygens (including phenoxy) is 1. The molecule has 4 aromatic rings. The van der Waals surface area contributed by atoms with Crippen LogP contribution in [0.4, 0.5) is 0 Å². The first kappa shape index (κ1) is 16.8. The van der Waals surface area contributed by atoms with E-state index < -0.39 is 17.2 Å². The molecular weight excluding hydrogens is 346 g/mol. The van der Waals surface area contributed by atoms with E-state index in [-0.39, 0.29) is 17.6 Å². The number of benzene rings is 2. The molecule has 0 N–H and O–H groups in total. The van der Waals surface area contributed by atoms with Crippen molar-refractivity contribution in [1.29, 1.82) is 0 Å². The molecule has 2 aromatic heterocycles. The zero-order valence-electron chi connectivity index (χ0n) is 14.5. The number of hydrogen-bond acceptors (Lipinski definition) is 5. The van der Waals surface area contributed by atoms with E-state index in [2.05, 4.69) is 0 Å². The smallest absolute Gasteiger partial charge is 0.345 e. The molecule has 0 radical (unpaired) electrons. The molecule has 0 aliphatic rings. The summed E-state index contributed by atoms with van der Waals surface area (Å²) < 4.78 is 11.7. The van der Waals surface area contributed by atoms with Crippen LogP contribution in [0.15, 0.2) is 74.7 Å². The highest BCUT2D eigenvalue weighted by atomic mass is 16.5. The van der Waals surface area contributed by atoms with E-state index in [9.17, 15) is 14.4 Å². The van der Waals surface area contributed by atoms with E-state index in [0.29, 0.717) is 22.2 Å². The quantitative estimate of drug-likeness (QED) is 0.318. The molecule has 2 heterocycles. The average molecular weight is 361 g/mol. The highest BCUT2D eigenvalue weighted by Gasteiger charge is 2.21. The standard InChI is InChI=1S/C21H15NO5/c1-2-26-20(24)16-12-15-18(14-10-6-7-11-17(14)27-21(15)25)22(19(16)23)13-8-4-3-5-9-13/h3-12H,2H2,1H3. The third-order valence-corrected chi connectivity index (χ3v) is 4.28. The second-order valence-electron chi connectivity index (χ2n) is 5.90. The molecule has 0 saturated carbocycles. The summed E-state index contributed by atoms with van der Waals surface area (Å²) in [5.74, 6) is -0.776. The summed E-state index contributed by atoms with van der Waals surface area (Å²) in [6, 6.07) is 17.1. The number of hydrogen-bond donors (Lipinski definition) is 0. The summed E-state index contributed by atoms with van der Waals surface area (Å²) in [6.07, 6.45) is 0. The van der Waals surface area contributed by atoms with Crippen LogP contribution in [0.5, 0.6) is 0 Å². The Hall–Kier alpha value is -3.67. The van der Waals surface area contributed by atoms with Crippen LogP contribution >= 0.6 is 0 Å². The molecule has 134 valence electrons. The van der Waals surface area contributed by atoms with Crippen molar-refractivity contribution in [1.82, 2.24) is 4.57 Å². The van der Waals surface area contributed by atoms with Gasteiger partial charge in [0.25, 0.3) is 5.56 Å². The van der Waals surface area contributed by atoms with Crippen LogP contribution < -0.4 is 11.2 Å². The monoisotopic (exact) mass is 361 g/mol. The fraction of sp³-hybridized carbons (Fsp3) is 0.0952. The normalized spacial score (nSPS) is 11.0. The van der Waals surface area contributed by atoms with Gasteiger partial charge >= 0.3 is 11.6 Å². The molecular formula is C21H15NO5. The molecule has 0 atom stereocenters. The van der Waals surface area contributed by atoms with Gasteiger partial charge in [-0.25, -0.2) is 9.59 Å². The van der Waals surface area contributed by atoms with Gasteiger partial charge in [-0.1, -0.05) is 30.3 Å². The number of esters is 1. The van der Waals surface area contributed by atoms with Gasteiger partial charge in [-0.05, 0) is 37.3 Å². The second kappa shape index (κ2) is 6.57. The molecule has 0 aliphatic carbocycles. The predicted octanol–water partition coefficient (Wildman–Crippen LogP) is 3.27. The maximum absolute atomic E-state index is 13.2. The Kier molecular flexibility index (Phi) is 4.08. The minimum atomic E-state index is -0.776. The Morgan fingerprint density at radius 1 is 1.00 bits per heavy atom. The van der Waals surface area contributed by atoms with E-state index in [0.717, 1.165) is 0 Å². The van der Waals surface area contributed by atoms with Crippen LogP contribution in [0.1, 0.15) is 17.3 Å². The summed E-state index contributed by atoms with van der Waals surface area (Å²) in [7, 11) is 0. The van der Waals surface area contributed by atoms with Crippen LogP contribution in [0.25, 0.3) is 27.6 Å². The van der Waals surface area contributed by atoms with Crippen LogP contribution in [-0.4, -0.2) is 17.1 Å². The van der Waals surface area contributed by atoms with Gasteiger partial charge in [0.15, 0.2) is 0 Å². The van der Waals surface area contributed by atoms with Gasteiger partial charge in [-0.3, -0.25) is 9.36 Å². The molecule has 27 heavy (non-hydrogen) atoms. The lowest BCUT2D eigenvalue weighted by atomic mass is 10.1. The molecule has 0 amide bonds.